The highest BCUT2D eigenvalue weighted by atomic mass is 79.9. The molecule has 0 saturated carbocycles. The Morgan fingerprint density at radius 2 is 1.81 bits per heavy atom. The van der Waals surface area contributed by atoms with Crippen LogP contribution in [0.25, 0.3) is 21.8 Å². The number of halogens is 2. The first-order chi connectivity index (χ1) is 7.65. The predicted octanol–water partition coefficient (Wildman–Crippen LogP) is 5.15. The number of H-pyrrole nitrogens is 1. The summed E-state index contributed by atoms with van der Waals surface area (Å²) in [6, 6.07) is 10.7. The first-order valence-electron chi connectivity index (χ1n) is 5.02. The van der Waals surface area contributed by atoms with E-state index in [0.717, 1.165) is 8.95 Å². The van der Waals surface area contributed by atoms with Gasteiger partial charge in [-0.1, -0.05) is 15.9 Å². The quantitative estimate of drug-likeness (QED) is 0.583. The number of hydrogen-bond acceptors (Lipinski definition) is 0. The normalized spacial score (nSPS) is 11.4. The average molecular weight is 339 g/mol. The molecule has 0 atom stereocenters. The molecule has 3 heteroatoms. The summed E-state index contributed by atoms with van der Waals surface area (Å²) in [5.74, 6) is 0. The second-order valence-corrected chi connectivity index (χ2v) is 5.75. The molecule has 0 aliphatic heterocycles. The standard InChI is InChI=1S/C13H9Br2N/c1-7-4-10-9-6-8(14)2-3-12(9)16-13(10)11(15)5-7/h2-6,16H,1H3. The zero-order valence-corrected chi connectivity index (χ0v) is 11.8. The maximum Gasteiger partial charge on any atom is 0.0609 e. The van der Waals surface area contributed by atoms with Crippen molar-refractivity contribution in [3.8, 4) is 0 Å². The van der Waals surface area contributed by atoms with Gasteiger partial charge in [-0.15, -0.1) is 0 Å². The van der Waals surface area contributed by atoms with E-state index in [1.165, 1.54) is 27.4 Å². The lowest BCUT2D eigenvalue weighted by Gasteiger charge is -1.97. The number of fused-ring (bicyclic) bond motifs is 3. The Morgan fingerprint density at radius 1 is 1.00 bits per heavy atom. The molecule has 1 nitrogen and oxygen atoms in total. The van der Waals surface area contributed by atoms with E-state index in [1.807, 2.05) is 0 Å². The zero-order chi connectivity index (χ0) is 11.3. The number of aromatic amines is 1. The van der Waals surface area contributed by atoms with Crippen LogP contribution in [0.4, 0.5) is 0 Å². The van der Waals surface area contributed by atoms with Gasteiger partial charge < -0.3 is 4.98 Å². The molecule has 2 aromatic carbocycles. The maximum absolute atomic E-state index is 3.60. The van der Waals surface area contributed by atoms with Crippen molar-refractivity contribution in [3.63, 3.8) is 0 Å². The smallest absolute Gasteiger partial charge is 0.0609 e. The lowest BCUT2D eigenvalue weighted by atomic mass is 10.1. The first-order valence-corrected chi connectivity index (χ1v) is 6.61. The van der Waals surface area contributed by atoms with Gasteiger partial charge in [0.2, 0.25) is 0 Å². The van der Waals surface area contributed by atoms with Crippen LogP contribution >= 0.6 is 31.9 Å². The SMILES string of the molecule is Cc1cc(Br)c2[nH]c3ccc(Br)cc3c2c1. The predicted molar refractivity (Wildman–Crippen MR) is 75.9 cm³/mol. The molecule has 1 aromatic heterocycles. The van der Waals surface area contributed by atoms with Crippen molar-refractivity contribution in [3.05, 3.63) is 44.8 Å². The van der Waals surface area contributed by atoms with Crippen LogP contribution in [0, 0.1) is 6.92 Å². The van der Waals surface area contributed by atoms with E-state index in [2.05, 4.69) is 74.1 Å². The number of benzene rings is 2. The Labute approximate surface area is 110 Å². The summed E-state index contributed by atoms with van der Waals surface area (Å²) < 4.78 is 2.23. The van der Waals surface area contributed by atoms with Crippen molar-refractivity contribution in [1.82, 2.24) is 4.98 Å². The third-order valence-electron chi connectivity index (χ3n) is 2.77. The van der Waals surface area contributed by atoms with Gasteiger partial charge >= 0.3 is 0 Å². The van der Waals surface area contributed by atoms with Crippen LogP contribution in [0.15, 0.2) is 39.3 Å². The molecule has 0 fully saturated rings. The summed E-state index contributed by atoms with van der Waals surface area (Å²) in [4.78, 5) is 3.43. The monoisotopic (exact) mass is 337 g/mol. The Hall–Kier alpha value is -0.800. The summed E-state index contributed by atoms with van der Waals surface area (Å²) in [5, 5.41) is 2.52. The molecule has 1 heterocycles. The van der Waals surface area contributed by atoms with Crippen LogP contribution < -0.4 is 0 Å². The van der Waals surface area contributed by atoms with Gasteiger partial charge in [-0.25, -0.2) is 0 Å². The number of aryl methyl sites for hydroxylation is 1. The van der Waals surface area contributed by atoms with E-state index in [0.29, 0.717) is 0 Å². The largest absolute Gasteiger partial charge is 0.354 e. The van der Waals surface area contributed by atoms with Gasteiger partial charge in [0.1, 0.15) is 0 Å². The Bertz CT molecular complexity index is 698. The molecule has 0 aliphatic rings. The van der Waals surface area contributed by atoms with Crippen LogP contribution in [0.3, 0.4) is 0 Å². The molecule has 0 spiro atoms. The molecule has 3 rings (SSSR count). The van der Waals surface area contributed by atoms with Crippen LogP contribution in [0.5, 0.6) is 0 Å². The van der Waals surface area contributed by atoms with E-state index in [1.54, 1.807) is 0 Å². The summed E-state index contributed by atoms with van der Waals surface area (Å²) in [6.07, 6.45) is 0. The van der Waals surface area contributed by atoms with Gasteiger partial charge in [0.05, 0.1) is 5.52 Å². The van der Waals surface area contributed by atoms with E-state index in [-0.39, 0.29) is 0 Å². The second-order valence-electron chi connectivity index (χ2n) is 3.98. The van der Waals surface area contributed by atoms with Crippen molar-refractivity contribution in [2.45, 2.75) is 6.92 Å². The third kappa shape index (κ3) is 1.50. The lowest BCUT2D eigenvalue weighted by Crippen LogP contribution is -1.75. The van der Waals surface area contributed by atoms with Crippen LogP contribution in [-0.4, -0.2) is 4.98 Å². The molecule has 0 aliphatic carbocycles. The van der Waals surface area contributed by atoms with Crippen LogP contribution in [0.2, 0.25) is 0 Å². The van der Waals surface area contributed by atoms with Gasteiger partial charge in [-0.05, 0) is 58.7 Å². The van der Waals surface area contributed by atoms with Crippen molar-refractivity contribution in [1.29, 1.82) is 0 Å². The Morgan fingerprint density at radius 3 is 2.62 bits per heavy atom. The first kappa shape index (κ1) is 10.4. The van der Waals surface area contributed by atoms with Crippen LogP contribution in [0.1, 0.15) is 5.56 Å². The summed E-state index contributed by atoms with van der Waals surface area (Å²) >= 11 is 7.12. The highest BCUT2D eigenvalue weighted by Crippen LogP contribution is 2.32. The van der Waals surface area contributed by atoms with Crippen molar-refractivity contribution < 1.29 is 0 Å². The molecule has 0 radical (unpaired) electrons. The fourth-order valence-corrected chi connectivity index (χ4v) is 3.10. The second kappa shape index (κ2) is 3.60. The van der Waals surface area contributed by atoms with E-state index >= 15 is 0 Å². The van der Waals surface area contributed by atoms with Crippen LogP contribution in [-0.2, 0) is 0 Å². The zero-order valence-electron chi connectivity index (χ0n) is 8.64. The fraction of sp³-hybridized carbons (Fsp3) is 0.0769. The van der Waals surface area contributed by atoms with Gasteiger partial charge in [0, 0.05) is 25.2 Å². The van der Waals surface area contributed by atoms with Gasteiger partial charge in [-0.3, -0.25) is 0 Å². The van der Waals surface area contributed by atoms with Gasteiger partial charge in [0.15, 0.2) is 0 Å². The number of nitrogens with one attached hydrogen (secondary N) is 1. The minimum absolute atomic E-state index is 1.11. The summed E-state index contributed by atoms with van der Waals surface area (Å²) in [6.45, 7) is 2.11. The molecule has 0 bridgehead atoms. The van der Waals surface area contributed by atoms with E-state index in [9.17, 15) is 0 Å². The summed E-state index contributed by atoms with van der Waals surface area (Å²) in [5.41, 5.74) is 3.60. The van der Waals surface area contributed by atoms with Crippen molar-refractivity contribution in [2.75, 3.05) is 0 Å². The van der Waals surface area contributed by atoms with Gasteiger partial charge in [-0.2, -0.15) is 0 Å². The minimum atomic E-state index is 1.11. The highest BCUT2D eigenvalue weighted by Gasteiger charge is 2.07. The molecule has 3 aromatic rings. The average Bonchev–Trinajstić information content (AvgIpc) is 2.57. The Balaban J connectivity index is 2.57. The fourth-order valence-electron chi connectivity index (χ4n) is 2.06. The van der Waals surface area contributed by atoms with Gasteiger partial charge in [0.25, 0.3) is 0 Å². The van der Waals surface area contributed by atoms with Crippen molar-refractivity contribution >= 4 is 53.7 Å². The number of aromatic nitrogens is 1. The minimum Gasteiger partial charge on any atom is -0.354 e. The molecule has 0 saturated heterocycles. The number of rotatable bonds is 0. The molecule has 0 amide bonds. The number of hydrogen-bond donors (Lipinski definition) is 1. The van der Waals surface area contributed by atoms with E-state index < -0.39 is 0 Å². The lowest BCUT2D eigenvalue weighted by molar-refractivity contribution is 1.46. The molecule has 1 N–H and O–H groups in total. The maximum atomic E-state index is 3.60. The molecule has 0 unspecified atom stereocenters. The molecule has 80 valence electrons. The summed E-state index contributed by atoms with van der Waals surface area (Å²) in [7, 11) is 0. The third-order valence-corrected chi connectivity index (χ3v) is 3.88. The highest BCUT2D eigenvalue weighted by molar-refractivity contribution is 9.11. The van der Waals surface area contributed by atoms with E-state index in [4.69, 9.17) is 0 Å². The molecule has 16 heavy (non-hydrogen) atoms. The molecular weight excluding hydrogens is 330 g/mol. The Kier molecular flexibility index (Phi) is 2.33. The molecular formula is C13H9Br2N. The topological polar surface area (TPSA) is 15.8 Å². The van der Waals surface area contributed by atoms with Crippen molar-refractivity contribution in [2.24, 2.45) is 0 Å².